The number of halogens is 1. The third kappa shape index (κ3) is 3.77. The number of aliphatic hydroxyl groups excluding tert-OH is 1. The highest BCUT2D eigenvalue weighted by molar-refractivity contribution is 9.10. The van der Waals surface area contributed by atoms with Crippen LogP contribution in [0.2, 0.25) is 0 Å². The molecule has 16 heavy (non-hydrogen) atoms. The molecule has 4 heteroatoms. The number of hydrogen-bond donors (Lipinski definition) is 2. The molecule has 0 spiro atoms. The summed E-state index contributed by atoms with van der Waals surface area (Å²) >= 11 is 3.41. The zero-order valence-electron chi connectivity index (χ0n) is 9.61. The minimum absolute atomic E-state index is 0.0723. The highest BCUT2D eigenvalue weighted by Crippen LogP contribution is 2.27. The average molecular weight is 288 g/mol. The van der Waals surface area contributed by atoms with Gasteiger partial charge in [0.05, 0.1) is 6.61 Å². The van der Waals surface area contributed by atoms with Gasteiger partial charge >= 0.3 is 0 Å². The lowest BCUT2D eigenvalue weighted by Crippen LogP contribution is -2.14. The molecule has 3 nitrogen and oxygen atoms in total. The molecular weight excluding hydrogens is 270 g/mol. The molecule has 0 aromatic heterocycles. The average Bonchev–Trinajstić information content (AvgIpc) is 2.26. The predicted octanol–water partition coefficient (Wildman–Crippen LogP) is 2.48. The van der Waals surface area contributed by atoms with Gasteiger partial charge in [0.25, 0.3) is 0 Å². The smallest absolute Gasteiger partial charge is 0.124 e. The van der Waals surface area contributed by atoms with E-state index in [4.69, 9.17) is 15.6 Å². The fraction of sp³-hybridized carbons (Fsp3) is 0.500. The summed E-state index contributed by atoms with van der Waals surface area (Å²) < 4.78 is 6.63. The first-order valence-corrected chi connectivity index (χ1v) is 6.12. The van der Waals surface area contributed by atoms with Gasteiger partial charge < -0.3 is 15.6 Å². The molecule has 0 aliphatic carbocycles. The fourth-order valence-electron chi connectivity index (χ4n) is 1.29. The van der Waals surface area contributed by atoms with Crippen LogP contribution in [0.3, 0.4) is 0 Å². The van der Waals surface area contributed by atoms with Gasteiger partial charge in [-0.15, -0.1) is 0 Å². The number of aliphatic hydroxyl groups is 1. The van der Waals surface area contributed by atoms with E-state index in [1.807, 2.05) is 32.0 Å². The summed E-state index contributed by atoms with van der Waals surface area (Å²) in [6.07, 6.45) is 0. The van der Waals surface area contributed by atoms with Crippen molar-refractivity contribution in [3.05, 3.63) is 28.2 Å². The number of hydrogen-bond acceptors (Lipinski definition) is 3. The number of nitrogens with two attached hydrogens (primary N) is 1. The Hall–Kier alpha value is -0.580. The van der Waals surface area contributed by atoms with Crippen molar-refractivity contribution in [3.63, 3.8) is 0 Å². The Bertz CT molecular complexity index is 342. The van der Waals surface area contributed by atoms with Gasteiger partial charge in [-0.1, -0.05) is 22.9 Å². The molecule has 1 aromatic carbocycles. The van der Waals surface area contributed by atoms with Gasteiger partial charge in [-0.3, -0.25) is 0 Å². The fourth-order valence-corrected chi connectivity index (χ4v) is 1.67. The molecule has 0 amide bonds. The van der Waals surface area contributed by atoms with E-state index in [0.29, 0.717) is 6.61 Å². The van der Waals surface area contributed by atoms with Crippen LogP contribution < -0.4 is 10.5 Å². The Balaban J connectivity index is 2.78. The summed E-state index contributed by atoms with van der Waals surface area (Å²) in [5, 5.41) is 8.92. The Morgan fingerprint density at radius 2 is 2.12 bits per heavy atom. The minimum Gasteiger partial charge on any atom is -0.493 e. The Morgan fingerprint density at radius 1 is 1.44 bits per heavy atom. The van der Waals surface area contributed by atoms with Gasteiger partial charge in [0.15, 0.2) is 0 Å². The number of ether oxygens (including phenoxy) is 1. The van der Waals surface area contributed by atoms with Crippen LogP contribution in [0.1, 0.15) is 25.5 Å². The molecule has 2 unspecified atom stereocenters. The van der Waals surface area contributed by atoms with Crippen molar-refractivity contribution in [2.75, 3.05) is 13.2 Å². The largest absolute Gasteiger partial charge is 0.493 e. The second-order valence-corrected chi connectivity index (χ2v) is 4.99. The first kappa shape index (κ1) is 13.5. The SMILES string of the molecule is CC(CO)COc1ccc(Br)cc1C(C)N. The van der Waals surface area contributed by atoms with Crippen molar-refractivity contribution in [3.8, 4) is 5.75 Å². The van der Waals surface area contributed by atoms with Crippen LogP contribution in [0.5, 0.6) is 5.75 Å². The molecule has 1 rings (SSSR count). The van der Waals surface area contributed by atoms with E-state index in [2.05, 4.69) is 15.9 Å². The Morgan fingerprint density at radius 3 is 2.69 bits per heavy atom. The zero-order chi connectivity index (χ0) is 12.1. The van der Waals surface area contributed by atoms with E-state index in [1.54, 1.807) is 0 Å². The Labute approximate surface area is 105 Å². The molecule has 0 saturated heterocycles. The van der Waals surface area contributed by atoms with E-state index in [1.165, 1.54) is 0 Å². The monoisotopic (exact) mass is 287 g/mol. The van der Waals surface area contributed by atoms with Crippen molar-refractivity contribution in [2.24, 2.45) is 11.7 Å². The molecule has 3 N–H and O–H groups in total. The Kier molecular flexibility index (Phi) is 5.25. The standard InChI is InChI=1S/C12H18BrNO2/c1-8(6-15)7-16-12-4-3-10(13)5-11(12)9(2)14/h3-5,8-9,15H,6-7,14H2,1-2H3. The second kappa shape index (κ2) is 6.23. The topological polar surface area (TPSA) is 55.5 Å². The van der Waals surface area contributed by atoms with Crippen LogP contribution in [-0.4, -0.2) is 18.3 Å². The molecule has 2 atom stereocenters. The van der Waals surface area contributed by atoms with Crippen LogP contribution in [0.4, 0.5) is 0 Å². The summed E-state index contributed by atoms with van der Waals surface area (Å²) in [5.74, 6) is 0.920. The maximum absolute atomic E-state index is 8.92. The molecule has 90 valence electrons. The molecule has 0 heterocycles. The van der Waals surface area contributed by atoms with Gasteiger partial charge in [0, 0.05) is 28.6 Å². The highest BCUT2D eigenvalue weighted by atomic mass is 79.9. The normalized spacial score (nSPS) is 14.6. The lowest BCUT2D eigenvalue weighted by atomic mass is 10.1. The summed E-state index contributed by atoms with van der Waals surface area (Å²) in [6.45, 7) is 4.48. The zero-order valence-corrected chi connectivity index (χ0v) is 11.2. The van der Waals surface area contributed by atoms with E-state index in [-0.39, 0.29) is 18.6 Å². The van der Waals surface area contributed by atoms with Crippen molar-refractivity contribution < 1.29 is 9.84 Å². The van der Waals surface area contributed by atoms with E-state index in [0.717, 1.165) is 15.8 Å². The lowest BCUT2D eigenvalue weighted by molar-refractivity contribution is 0.173. The van der Waals surface area contributed by atoms with Gasteiger partial charge in [0.2, 0.25) is 0 Å². The van der Waals surface area contributed by atoms with E-state index >= 15 is 0 Å². The minimum atomic E-state index is -0.0723. The van der Waals surface area contributed by atoms with Crippen molar-refractivity contribution >= 4 is 15.9 Å². The second-order valence-electron chi connectivity index (χ2n) is 4.07. The quantitative estimate of drug-likeness (QED) is 0.875. The molecule has 0 radical (unpaired) electrons. The molecule has 0 fully saturated rings. The lowest BCUT2D eigenvalue weighted by Gasteiger charge is -2.16. The van der Waals surface area contributed by atoms with Crippen LogP contribution in [0.25, 0.3) is 0 Å². The maximum Gasteiger partial charge on any atom is 0.124 e. The molecular formula is C12H18BrNO2. The number of rotatable bonds is 5. The summed E-state index contributed by atoms with van der Waals surface area (Å²) in [6, 6.07) is 5.71. The van der Waals surface area contributed by atoms with E-state index in [9.17, 15) is 0 Å². The number of benzene rings is 1. The van der Waals surface area contributed by atoms with Crippen LogP contribution in [0.15, 0.2) is 22.7 Å². The van der Waals surface area contributed by atoms with Gasteiger partial charge in [-0.2, -0.15) is 0 Å². The van der Waals surface area contributed by atoms with Gasteiger partial charge in [-0.05, 0) is 25.1 Å². The maximum atomic E-state index is 8.92. The summed E-state index contributed by atoms with van der Waals surface area (Å²) in [5.41, 5.74) is 6.84. The highest BCUT2D eigenvalue weighted by Gasteiger charge is 2.10. The molecule has 1 aromatic rings. The first-order chi connectivity index (χ1) is 7.54. The van der Waals surface area contributed by atoms with Crippen molar-refractivity contribution in [1.82, 2.24) is 0 Å². The van der Waals surface area contributed by atoms with E-state index < -0.39 is 0 Å². The molecule has 0 aliphatic rings. The molecule has 0 aliphatic heterocycles. The third-order valence-corrected chi connectivity index (χ3v) is 2.79. The predicted molar refractivity (Wildman–Crippen MR) is 68.5 cm³/mol. The van der Waals surface area contributed by atoms with Crippen LogP contribution >= 0.6 is 15.9 Å². The third-order valence-electron chi connectivity index (χ3n) is 2.30. The molecule has 0 saturated carbocycles. The van der Waals surface area contributed by atoms with Crippen molar-refractivity contribution in [1.29, 1.82) is 0 Å². The first-order valence-electron chi connectivity index (χ1n) is 5.33. The van der Waals surface area contributed by atoms with Gasteiger partial charge in [-0.25, -0.2) is 0 Å². The summed E-state index contributed by atoms with van der Waals surface area (Å²) in [4.78, 5) is 0. The van der Waals surface area contributed by atoms with Crippen molar-refractivity contribution in [2.45, 2.75) is 19.9 Å². The van der Waals surface area contributed by atoms with Crippen LogP contribution in [-0.2, 0) is 0 Å². The van der Waals surface area contributed by atoms with Crippen LogP contribution in [0, 0.1) is 5.92 Å². The molecule has 0 bridgehead atoms. The van der Waals surface area contributed by atoms with Gasteiger partial charge in [0.1, 0.15) is 5.75 Å². The summed E-state index contributed by atoms with van der Waals surface area (Å²) in [7, 11) is 0.